The SMILES string of the molecule is CCCOc1ccc(C(=O)Oc2ccc(/C=N\NC(=O)[C@H](C)Oc3ccc(Cl)cc3)cc2OC)cc1. The highest BCUT2D eigenvalue weighted by molar-refractivity contribution is 6.30. The molecule has 3 rings (SSSR count). The molecule has 0 bridgehead atoms. The molecule has 1 amide bonds. The number of methoxy groups -OCH3 is 1. The number of benzene rings is 3. The van der Waals surface area contributed by atoms with Crippen molar-refractivity contribution in [2.75, 3.05) is 13.7 Å². The molecule has 36 heavy (non-hydrogen) atoms. The smallest absolute Gasteiger partial charge is 0.343 e. The molecule has 1 N–H and O–H groups in total. The van der Waals surface area contributed by atoms with Gasteiger partial charge in [-0.25, -0.2) is 10.2 Å². The van der Waals surface area contributed by atoms with Crippen LogP contribution < -0.4 is 24.4 Å². The molecule has 0 aliphatic carbocycles. The third-order valence-corrected chi connectivity index (χ3v) is 5.09. The molecule has 9 heteroatoms. The lowest BCUT2D eigenvalue weighted by Crippen LogP contribution is -2.33. The van der Waals surface area contributed by atoms with Crippen molar-refractivity contribution in [3.8, 4) is 23.0 Å². The zero-order valence-corrected chi connectivity index (χ0v) is 21.0. The number of nitrogens with zero attached hydrogens (tertiary/aromatic N) is 1. The molecule has 8 nitrogen and oxygen atoms in total. The summed E-state index contributed by atoms with van der Waals surface area (Å²) in [5.74, 6) is 0.832. The van der Waals surface area contributed by atoms with Crippen LogP contribution in [0.3, 0.4) is 0 Å². The Hall–Kier alpha value is -4.04. The second-order valence-electron chi connectivity index (χ2n) is 7.62. The van der Waals surface area contributed by atoms with Crippen LogP contribution in [0.5, 0.6) is 23.0 Å². The summed E-state index contributed by atoms with van der Waals surface area (Å²) in [5, 5.41) is 4.54. The molecule has 0 saturated heterocycles. The van der Waals surface area contributed by atoms with Crippen molar-refractivity contribution in [2.24, 2.45) is 5.10 Å². The van der Waals surface area contributed by atoms with Crippen molar-refractivity contribution < 1.29 is 28.5 Å². The highest BCUT2D eigenvalue weighted by atomic mass is 35.5. The van der Waals surface area contributed by atoms with Crippen LogP contribution in [0, 0.1) is 0 Å². The number of amides is 1. The molecule has 0 unspecified atom stereocenters. The second kappa shape index (κ2) is 13.2. The van der Waals surface area contributed by atoms with Crippen molar-refractivity contribution in [1.82, 2.24) is 5.43 Å². The zero-order chi connectivity index (χ0) is 25.9. The average molecular weight is 511 g/mol. The lowest BCUT2D eigenvalue weighted by atomic mass is 10.2. The van der Waals surface area contributed by atoms with E-state index in [4.69, 9.17) is 30.5 Å². The number of halogens is 1. The number of nitrogens with one attached hydrogen (secondary N) is 1. The summed E-state index contributed by atoms with van der Waals surface area (Å²) in [6, 6.07) is 18.3. The normalized spacial score (nSPS) is 11.6. The fourth-order valence-electron chi connectivity index (χ4n) is 2.95. The third kappa shape index (κ3) is 7.74. The van der Waals surface area contributed by atoms with Crippen LogP contribution in [0.1, 0.15) is 36.2 Å². The monoisotopic (exact) mass is 510 g/mol. The number of carbonyl (C=O) groups is 2. The van der Waals surface area contributed by atoms with Crippen LogP contribution in [0.25, 0.3) is 0 Å². The summed E-state index contributed by atoms with van der Waals surface area (Å²) in [7, 11) is 1.46. The Morgan fingerprint density at radius 1 is 1.00 bits per heavy atom. The van der Waals surface area contributed by atoms with Crippen molar-refractivity contribution in [3.63, 3.8) is 0 Å². The van der Waals surface area contributed by atoms with E-state index in [9.17, 15) is 9.59 Å². The molecule has 3 aromatic carbocycles. The average Bonchev–Trinajstić information content (AvgIpc) is 2.89. The lowest BCUT2D eigenvalue weighted by molar-refractivity contribution is -0.127. The van der Waals surface area contributed by atoms with Gasteiger partial charge < -0.3 is 18.9 Å². The van der Waals surface area contributed by atoms with Gasteiger partial charge in [0.15, 0.2) is 17.6 Å². The maximum absolute atomic E-state index is 12.5. The number of hydrazone groups is 1. The van der Waals surface area contributed by atoms with Crippen LogP contribution in [-0.2, 0) is 4.79 Å². The number of hydrogen-bond acceptors (Lipinski definition) is 7. The summed E-state index contributed by atoms with van der Waals surface area (Å²) >= 11 is 5.85. The van der Waals surface area contributed by atoms with Crippen LogP contribution in [0.2, 0.25) is 5.02 Å². The number of ether oxygens (including phenoxy) is 4. The largest absolute Gasteiger partial charge is 0.494 e. The van der Waals surface area contributed by atoms with E-state index in [0.717, 1.165) is 6.42 Å². The molecule has 0 aliphatic rings. The second-order valence-corrected chi connectivity index (χ2v) is 8.06. The summed E-state index contributed by atoms with van der Waals surface area (Å²) in [6.45, 7) is 4.24. The van der Waals surface area contributed by atoms with Gasteiger partial charge in [0, 0.05) is 5.02 Å². The number of hydrogen-bond donors (Lipinski definition) is 1. The number of rotatable bonds is 11. The molecule has 0 radical (unpaired) electrons. The van der Waals surface area contributed by atoms with Gasteiger partial charge in [-0.1, -0.05) is 18.5 Å². The molecule has 0 aliphatic heterocycles. The van der Waals surface area contributed by atoms with Crippen molar-refractivity contribution in [1.29, 1.82) is 0 Å². The van der Waals surface area contributed by atoms with Gasteiger partial charge in [0.05, 0.1) is 25.5 Å². The summed E-state index contributed by atoms with van der Waals surface area (Å²) < 4.78 is 21.9. The molecule has 0 heterocycles. The van der Waals surface area contributed by atoms with Crippen LogP contribution in [-0.4, -0.2) is 37.9 Å². The molecule has 0 fully saturated rings. The van der Waals surface area contributed by atoms with Crippen LogP contribution >= 0.6 is 11.6 Å². The number of carbonyl (C=O) groups excluding carboxylic acids is 2. The van der Waals surface area contributed by atoms with Crippen molar-refractivity contribution in [3.05, 3.63) is 82.9 Å². The van der Waals surface area contributed by atoms with Gasteiger partial charge in [0.25, 0.3) is 5.91 Å². The molecular formula is C27H27ClN2O6. The van der Waals surface area contributed by atoms with Gasteiger partial charge in [-0.05, 0) is 85.6 Å². The zero-order valence-electron chi connectivity index (χ0n) is 20.2. The Kier molecular flexibility index (Phi) is 9.71. The first kappa shape index (κ1) is 26.6. The molecule has 188 valence electrons. The first-order valence-electron chi connectivity index (χ1n) is 11.3. The maximum atomic E-state index is 12.5. The van der Waals surface area contributed by atoms with Crippen LogP contribution in [0.15, 0.2) is 71.8 Å². The predicted molar refractivity (Wildman–Crippen MR) is 137 cm³/mol. The van der Waals surface area contributed by atoms with E-state index in [-0.39, 0.29) is 5.75 Å². The highest BCUT2D eigenvalue weighted by Crippen LogP contribution is 2.28. The fraction of sp³-hybridized carbons (Fsp3) is 0.222. The minimum absolute atomic E-state index is 0.250. The Balaban J connectivity index is 1.57. The minimum atomic E-state index is -0.771. The standard InChI is InChI=1S/C27H27ClN2O6/c1-4-15-34-22-10-6-20(7-11-22)27(32)36-24-14-5-19(16-25(24)33-3)17-29-30-26(31)18(2)35-23-12-8-21(28)9-13-23/h5-14,16-18H,4,15H2,1-3H3,(H,30,31)/b29-17-/t18-/m0/s1. The van der Waals surface area contributed by atoms with Gasteiger partial charge in [-0.2, -0.15) is 5.10 Å². The molecule has 1 atom stereocenters. The minimum Gasteiger partial charge on any atom is -0.494 e. The van der Waals surface area contributed by atoms with E-state index in [2.05, 4.69) is 10.5 Å². The Labute approximate surface area is 214 Å². The lowest BCUT2D eigenvalue weighted by Gasteiger charge is -2.13. The summed E-state index contributed by atoms with van der Waals surface area (Å²) in [5.41, 5.74) is 3.43. The van der Waals surface area contributed by atoms with E-state index in [1.54, 1.807) is 73.7 Å². The third-order valence-electron chi connectivity index (χ3n) is 4.84. The first-order chi connectivity index (χ1) is 17.4. The van der Waals surface area contributed by atoms with E-state index in [0.29, 0.717) is 40.0 Å². The Morgan fingerprint density at radius 2 is 1.69 bits per heavy atom. The highest BCUT2D eigenvalue weighted by Gasteiger charge is 2.15. The maximum Gasteiger partial charge on any atom is 0.343 e. The predicted octanol–water partition coefficient (Wildman–Crippen LogP) is 5.27. The topological polar surface area (TPSA) is 95.5 Å². The first-order valence-corrected chi connectivity index (χ1v) is 11.7. The molecule has 0 spiro atoms. The van der Waals surface area contributed by atoms with Gasteiger partial charge in [0.1, 0.15) is 11.5 Å². The van der Waals surface area contributed by atoms with E-state index >= 15 is 0 Å². The molecular weight excluding hydrogens is 484 g/mol. The van der Waals surface area contributed by atoms with Gasteiger partial charge in [-0.3, -0.25) is 4.79 Å². The fourth-order valence-corrected chi connectivity index (χ4v) is 3.07. The van der Waals surface area contributed by atoms with Gasteiger partial charge >= 0.3 is 5.97 Å². The van der Waals surface area contributed by atoms with E-state index < -0.39 is 18.0 Å². The van der Waals surface area contributed by atoms with Crippen molar-refractivity contribution in [2.45, 2.75) is 26.4 Å². The van der Waals surface area contributed by atoms with E-state index in [1.807, 2.05) is 6.92 Å². The summed E-state index contributed by atoms with van der Waals surface area (Å²) in [4.78, 5) is 24.8. The van der Waals surface area contributed by atoms with Gasteiger partial charge in [0.2, 0.25) is 0 Å². The molecule has 0 aromatic heterocycles. The molecule has 3 aromatic rings. The number of esters is 1. The van der Waals surface area contributed by atoms with Gasteiger partial charge in [-0.15, -0.1) is 0 Å². The van der Waals surface area contributed by atoms with Crippen molar-refractivity contribution >= 4 is 29.7 Å². The van der Waals surface area contributed by atoms with E-state index in [1.165, 1.54) is 13.3 Å². The summed E-state index contributed by atoms with van der Waals surface area (Å²) in [6.07, 6.45) is 1.57. The molecule has 0 saturated carbocycles. The van der Waals surface area contributed by atoms with Crippen LogP contribution in [0.4, 0.5) is 0 Å². The Bertz CT molecular complexity index is 1200. The Morgan fingerprint density at radius 3 is 2.36 bits per heavy atom. The quantitative estimate of drug-likeness (QED) is 0.163.